The number of likely N-dealkylation sites (tertiary alicyclic amines) is 1. The van der Waals surface area contributed by atoms with Crippen molar-refractivity contribution in [3.63, 3.8) is 0 Å². The predicted molar refractivity (Wildman–Crippen MR) is 76.3 cm³/mol. The van der Waals surface area contributed by atoms with Crippen LogP contribution >= 0.6 is 11.6 Å². The Morgan fingerprint density at radius 1 is 1.37 bits per heavy atom. The number of amides is 1. The lowest BCUT2D eigenvalue weighted by molar-refractivity contribution is -0.137. The third-order valence-electron chi connectivity index (χ3n) is 4.20. The van der Waals surface area contributed by atoms with Gasteiger partial charge in [-0.25, -0.2) is 0 Å². The van der Waals surface area contributed by atoms with E-state index in [1.807, 2.05) is 18.2 Å². The molecule has 2 aliphatic heterocycles. The van der Waals surface area contributed by atoms with Gasteiger partial charge in [0, 0.05) is 30.7 Å². The molecule has 2 saturated heterocycles. The van der Waals surface area contributed by atoms with E-state index in [2.05, 4.69) is 16.3 Å². The van der Waals surface area contributed by atoms with E-state index in [9.17, 15) is 4.79 Å². The van der Waals surface area contributed by atoms with E-state index in [-0.39, 0.29) is 5.92 Å². The van der Waals surface area contributed by atoms with Crippen molar-refractivity contribution in [2.75, 3.05) is 19.6 Å². The number of hydrogen-bond acceptors (Lipinski definition) is 2. The summed E-state index contributed by atoms with van der Waals surface area (Å²) in [6.45, 7) is 2.59. The molecule has 3 nitrogen and oxygen atoms in total. The van der Waals surface area contributed by atoms with E-state index >= 15 is 0 Å². The molecule has 2 fully saturated rings. The highest BCUT2D eigenvalue weighted by atomic mass is 35.5. The lowest BCUT2D eigenvalue weighted by atomic mass is 9.99. The smallest absolute Gasteiger partial charge is 0.228 e. The molecular weight excluding hydrogens is 260 g/mol. The summed E-state index contributed by atoms with van der Waals surface area (Å²) in [5, 5.41) is 3.98. The number of rotatable bonds is 3. The van der Waals surface area contributed by atoms with E-state index in [1.165, 1.54) is 0 Å². The molecule has 3 rings (SSSR count). The molecule has 1 aromatic rings. The Hall–Kier alpha value is -1.06. The summed E-state index contributed by atoms with van der Waals surface area (Å²) in [5.74, 6) is 0.528. The first-order valence-electron chi connectivity index (χ1n) is 7.00. The summed E-state index contributed by atoms with van der Waals surface area (Å²) in [6, 6.07) is 8.27. The number of benzene rings is 1. The van der Waals surface area contributed by atoms with Gasteiger partial charge >= 0.3 is 0 Å². The number of hydrogen-bond donors (Lipinski definition) is 1. The molecule has 19 heavy (non-hydrogen) atoms. The Labute approximate surface area is 118 Å². The van der Waals surface area contributed by atoms with Gasteiger partial charge in [-0.1, -0.05) is 29.8 Å². The molecule has 1 atom stereocenters. The van der Waals surface area contributed by atoms with Gasteiger partial charge in [-0.15, -0.1) is 0 Å². The predicted octanol–water partition coefficient (Wildman–Crippen LogP) is 2.09. The van der Waals surface area contributed by atoms with Crippen molar-refractivity contribution < 1.29 is 4.79 Å². The van der Waals surface area contributed by atoms with E-state index < -0.39 is 0 Å². The Morgan fingerprint density at radius 3 is 2.84 bits per heavy atom. The minimum Gasteiger partial charge on any atom is -0.339 e. The summed E-state index contributed by atoms with van der Waals surface area (Å²) in [4.78, 5) is 14.4. The second-order valence-electron chi connectivity index (χ2n) is 5.48. The Balaban J connectivity index is 1.69. The first-order chi connectivity index (χ1) is 9.25. The SMILES string of the molecule is O=C(C1CNC1)N1CCCC1Cc1ccccc1Cl. The van der Waals surface area contributed by atoms with Gasteiger partial charge < -0.3 is 10.2 Å². The normalized spacial score (nSPS) is 23.4. The second kappa shape index (κ2) is 5.51. The molecular formula is C15H19ClN2O. The van der Waals surface area contributed by atoms with Crippen molar-refractivity contribution in [3.8, 4) is 0 Å². The van der Waals surface area contributed by atoms with Gasteiger partial charge in [0.25, 0.3) is 0 Å². The minimum absolute atomic E-state index is 0.201. The van der Waals surface area contributed by atoms with Crippen molar-refractivity contribution in [3.05, 3.63) is 34.9 Å². The van der Waals surface area contributed by atoms with Crippen LogP contribution in [-0.4, -0.2) is 36.5 Å². The van der Waals surface area contributed by atoms with E-state index in [0.29, 0.717) is 11.9 Å². The molecule has 4 heteroatoms. The number of nitrogens with one attached hydrogen (secondary N) is 1. The highest BCUT2D eigenvalue weighted by Crippen LogP contribution is 2.26. The van der Waals surface area contributed by atoms with E-state index in [1.54, 1.807) is 0 Å². The zero-order valence-electron chi connectivity index (χ0n) is 10.9. The summed E-state index contributed by atoms with van der Waals surface area (Å²) < 4.78 is 0. The lowest BCUT2D eigenvalue weighted by Crippen LogP contribution is -2.53. The molecule has 102 valence electrons. The van der Waals surface area contributed by atoms with Gasteiger partial charge in [-0.2, -0.15) is 0 Å². The van der Waals surface area contributed by atoms with E-state index in [4.69, 9.17) is 11.6 Å². The Kier molecular flexibility index (Phi) is 3.76. The standard InChI is InChI=1S/C15H19ClN2O/c16-14-6-2-1-4-11(14)8-13-5-3-7-18(13)15(19)12-9-17-10-12/h1-2,4,6,12-13,17H,3,5,7-10H2. The average molecular weight is 279 g/mol. The van der Waals surface area contributed by atoms with Crippen LogP contribution in [0.3, 0.4) is 0 Å². The monoisotopic (exact) mass is 278 g/mol. The topological polar surface area (TPSA) is 32.3 Å². The summed E-state index contributed by atoms with van der Waals surface area (Å²) in [5.41, 5.74) is 1.15. The van der Waals surface area contributed by atoms with Crippen LogP contribution in [0.2, 0.25) is 5.02 Å². The van der Waals surface area contributed by atoms with Gasteiger partial charge in [0.1, 0.15) is 0 Å². The van der Waals surface area contributed by atoms with Crippen molar-refractivity contribution in [1.29, 1.82) is 0 Å². The fraction of sp³-hybridized carbons (Fsp3) is 0.533. The van der Waals surface area contributed by atoms with Crippen LogP contribution in [-0.2, 0) is 11.2 Å². The van der Waals surface area contributed by atoms with Crippen LogP contribution in [0.15, 0.2) is 24.3 Å². The number of carbonyl (C=O) groups excluding carboxylic acids is 1. The zero-order valence-corrected chi connectivity index (χ0v) is 11.7. The molecule has 1 aromatic carbocycles. The third-order valence-corrected chi connectivity index (χ3v) is 4.57. The first-order valence-corrected chi connectivity index (χ1v) is 7.38. The van der Waals surface area contributed by atoms with Crippen LogP contribution in [0.5, 0.6) is 0 Å². The third kappa shape index (κ3) is 2.63. The molecule has 2 aliphatic rings. The lowest BCUT2D eigenvalue weighted by Gasteiger charge is -2.33. The number of carbonyl (C=O) groups is 1. The summed E-state index contributed by atoms with van der Waals surface area (Å²) in [7, 11) is 0. The molecule has 0 aliphatic carbocycles. The quantitative estimate of drug-likeness (QED) is 0.918. The summed E-state index contributed by atoms with van der Waals surface area (Å²) in [6.07, 6.45) is 3.09. The molecule has 0 saturated carbocycles. The molecule has 1 amide bonds. The minimum atomic E-state index is 0.201. The van der Waals surface area contributed by atoms with Gasteiger partial charge in [0.2, 0.25) is 5.91 Å². The molecule has 0 bridgehead atoms. The molecule has 1 unspecified atom stereocenters. The maximum atomic E-state index is 12.4. The second-order valence-corrected chi connectivity index (χ2v) is 5.89. The fourth-order valence-corrected chi connectivity index (χ4v) is 3.17. The number of nitrogens with zero attached hydrogens (tertiary/aromatic N) is 1. The molecule has 2 heterocycles. The van der Waals surface area contributed by atoms with Crippen molar-refractivity contribution in [2.24, 2.45) is 5.92 Å². The van der Waals surface area contributed by atoms with Crippen LogP contribution in [0, 0.1) is 5.92 Å². The van der Waals surface area contributed by atoms with Crippen molar-refractivity contribution >= 4 is 17.5 Å². The molecule has 0 spiro atoms. The van der Waals surface area contributed by atoms with Crippen molar-refractivity contribution in [1.82, 2.24) is 10.2 Å². The average Bonchev–Trinajstić information content (AvgIpc) is 2.78. The van der Waals surface area contributed by atoms with E-state index in [0.717, 1.165) is 49.5 Å². The highest BCUT2D eigenvalue weighted by Gasteiger charge is 2.35. The van der Waals surface area contributed by atoms with Crippen molar-refractivity contribution in [2.45, 2.75) is 25.3 Å². The van der Waals surface area contributed by atoms with Crippen LogP contribution in [0.25, 0.3) is 0 Å². The maximum Gasteiger partial charge on any atom is 0.228 e. The van der Waals surface area contributed by atoms with Crippen LogP contribution in [0.1, 0.15) is 18.4 Å². The largest absolute Gasteiger partial charge is 0.339 e. The first kappa shape index (κ1) is 12.9. The Bertz CT molecular complexity index is 473. The fourth-order valence-electron chi connectivity index (χ4n) is 2.95. The molecule has 0 radical (unpaired) electrons. The number of halogens is 1. The van der Waals surface area contributed by atoms with Crippen LogP contribution in [0.4, 0.5) is 0 Å². The maximum absolute atomic E-state index is 12.4. The highest BCUT2D eigenvalue weighted by molar-refractivity contribution is 6.31. The zero-order chi connectivity index (χ0) is 13.2. The molecule has 0 aromatic heterocycles. The van der Waals surface area contributed by atoms with Gasteiger partial charge in [-0.3, -0.25) is 4.79 Å². The van der Waals surface area contributed by atoms with Crippen LogP contribution < -0.4 is 5.32 Å². The van der Waals surface area contributed by atoms with Gasteiger partial charge in [-0.05, 0) is 30.9 Å². The molecule has 1 N–H and O–H groups in total. The Morgan fingerprint density at radius 2 is 2.16 bits per heavy atom. The van der Waals surface area contributed by atoms with Gasteiger partial charge in [0.15, 0.2) is 0 Å². The van der Waals surface area contributed by atoms with Gasteiger partial charge in [0.05, 0.1) is 5.92 Å². The summed E-state index contributed by atoms with van der Waals surface area (Å²) >= 11 is 6.22.